The van der Waals surface area contributed by atoms with Crippen molar-refractivity contribution in [1.29, 1.82) is 0 Å². The van der Waals surface area contributed by atoms with E-state index in [4.69, 9.17) is 11.6 Å². The van der Waals surface area contributed by atoms with Crippen molar-refractivity contribution in [1.82, 2.24) is 14.5 Å². The predicted molar refractivity (Wildman–Crippen MR) is 79.7 cm³/mol. The van der Waals surface area contributed by atoms with Crippen LogP contribution in [0.1, 0.15) is 37.0 Å². The summed E-state index contributed by atoms with van der Waals surface area (Å²) >= 11 is 6.27. The van der Waals surface area contributed by atoms with Gasteiger partial charge in [0.15, 0.2) is 5.82 Å². The van der Waals surface area contributed by atoms with Crippen molar-refractivity contribution >= 4 is 22.6 Å². The molecule has 0 spiro atoms. The molecule has 5 heteroatoms. The van der Waals surface area contributed by atoms with Gasteiger partial charge in [-0.1, -0.05) is 6.07 Å². The summed E-state index contributed by atoms with van der Waals surface area (Å²) in [5.41, 5.74) is 1.29. The van der Waals surface area contributed by atoms with Crippen LogP contribution < -0.4 is 0 Å². The second-order valence-electron chi connectivity index (χ2n) is 5.62. The van der Waals surface area contributed by atoms with E-state index in [2.05, 4.69) is 21.5 Å². The molecule has 0 radical (unpaired) electrons. The first-order valence-corrected chi connectivity index (χ1v) is 7.50. The summed E-state index contributed by atoms with van der Waals surface area (Å²) in [4.78, 5) is 6.76. The van der Waals surface area contributed by atoms with Gasteiger partial charge in [-0.25, -0.2) is 9.37 Å². The van der Waals surface area contributed by atoms with Gasteiger partial charge in [-0.3, -0.25) is 0 Å². The van der Waals surface area contributed by atoms with Crippen molar-refractivity contribution in [3.05, 3.63) is 29.8 Å². The number of nitrogens with zero attached hydrogens (tertiary/aromatic N) is 3. The number of imidazole rings is 1. The van der Waals surface area contributed by atoms with Gasteiger partial charge in [-0.15, -0.1) is 11.6 Å². The van der Waals surface area contributed by atoms with Crippen molar-refractivity contribution in [2.75, 3.05) is 20.1 Å². The Bertz CT molecular complexity index is 623. The molecule has 0 N–H and O–H groups in total. The third-order valence-electron chi connectivity index (χ3n) is 4.02. The van der Waals surface area contributed by atoms with Crippen LogP contribution in [-0.4, -0.2) is 34.6 Å². The normalized spacial score (nSPS) is 22.3. The first-order valence-electron chi connectivity index (χ1n) is 7.07. The van der Waals surface area contributed by atoms with E-state index >= 15 is 0 Å². The topological polar surface area (TPSA) is 21.1 Å². The second-order valence-corrected chi connectivity index (χ2v) is 6.28. The van der Waals surface area contributed by atoms with Crippen LogP contribution in [0.5, 0.6) is 0 Å². The molecule has 20 heavy (non-hydrogen) atoms. The lowest BCUT2D eigenvalue weighted by Gasteiger charge is -2.32. The standard InChI is InChI=1S/C15H19ClFN3/c1-10(16)15-18-14-12(17)6-3-7-13(14)20(15)11-5-4-8-19(2)9-11/h3,6-7,10-11H,4-5,8-9H2,1-2H3. The van der Waals surface area contributed by atoms with Crippen molar-refractivity contribution in [3.63, 3.8) is 0 Å². The molecular formula is C15H19ClFN3. The van der Waals surface area contributed by atoms with E-state index in [0.29, 0.717) is 11.6 Å². The minimum absolute atomic E-state index is 0.228. The average Bonchev–Trinajstić information content (AvgIpc) is 2.80. The maximum absolute atomic E-state index is 14.0. The van der Waals surface area contributed by atoms with E-state index in [9.17, 15) is 4.39 Å². The number of hydrogen-bond acceptors (Lipinski definition) is 2. The van der Waals surface area contributed by atoms with Gasteiger partial charge >= 0.3 is 0 Å². The van der Waals surface area contributed by atoms with Crippen molar-refractivity contribution in [2.45, 2.75) is 31.2 Å². The highest BCUT2D eigenvalue weighted by atomic mass is 35.5. The molecule has 1 aliphatic heterocycles. The Kier molecular flexibility index (Phi) is 3.69. The molecule has 1 fully saturated rings. The molecular weight excluding hydrogens is 277 g/mol. The zero-order valence-electron chi connectivity index (χ0n) is 11.8. The Hall–Kier alpha value is -1.13. The summed E-state index contributed by atoms with van der Waals surface area (Å²) < 4.78 is 16.1. The average molecular weight is 296 g/mol. The monoisotopic (exact) mass is 295 g/mol. The van der Waals surface area contributed by atoms with Crippen LogP contribution in [0.2, 0.25) is 0 Å². The summed E-state index contributed by atoms with van der Waals surface area (Å²) in [6, 6.07) is 5.44. The van der Waals surface area contributed by atoms with Gasteiger partial charge in [-0.05, 0) is 45.5 Å². The summed E-state index contributed by atoms with van der Waals surface area (Å²) in [5.74, 6) is 0.496. The van der Waals surface area contributed by atoms with E-state index in [0.717, 1.165) is 37.3 Å². The maximum atomic E-state index is 14.0. The molecule has 3 rings (SSSR count). The number of halogens is 2. The minimum Gasteiger partial charge on any atom is -0.322 e. The summed E-state index contributed by atoms with van der Waals surface area (Å²) in [6.07, 6.45) is 2.23. The molecule has 1 aromatic carbocycles. The molecule has 1 aliphatic rings. The maximum Gasteiger partial charge on any atom is 0.151 e. The number of aromatic nitrogens is 2. The molecule has 0 bridgehead atoms. The third kappa shape index (κ3) is 2.31. The lowest BCUT2D eigenvalue weighted by Crippen LogP contribution is -2.34. The lowest BCUT2D eigenvalue weighted by molar-refractivity contribution is 0.212. The molecule has 3 nitrogen and oxygen atoms in total. The Labute approximate surface area is 123 Å². The van der Waals surface area contributed by atoms with Crippen LogP contribution in [0.25, 0.3) is 11.0 Å². The Balaban J connectivity index is 2.16. The Morgan fingerprint density at radius 2 is 2.25 bits per heavy atom. The van der Waals surface area contributed by atoms with Crippen LogP contribution in [0.3, 0.4) is 0 Å². The number of likely N-dealkylation sites (tertiary alicyclic amines) is 1. The highest BCUT2D eigenvalue weighted by molar-refractivity contribution is 6.20. The number of fused-ring (bicyclic) bond motifs is 1. The van der Waals surface area contributed by atoms with Gasteiger partial charge in [0.25, 0.3) is 0 Å². The third-order valence-corrected chi connectivity index (χ3v) is 4.21. The molecule has 2 unspecified atom stereocenters. The first kappa shape index (κ1) is 13.8. The molecule has 0 saturated carbocycles. The van der Waals surface area contributed by atoms with E-state index in [1.165, 1.54) is 6.07 Å². The molecule has 2 atom stereocenters. The SMILES string of the molecule is CC(Cl)c1nc2c(F)cccc2n1C1CCCN(C)C1. The number of rotatable bonds is 2. The predicted octanol–water partition coefficient (Wildman–Crippen LogP) is 3.74. The van der Waals surface area contributed by atoms with Crippen molar-refractivity contribution in [3.8, 4) is 0 Å². The molecule has 0 aliphatic carbocycles. The van der Waals surface area contributed by atoms with Crippen LogP contribution in [0, 0.1) is 5.82 Å². The van der Waals surface area contributed by atoms with Gasteiger partial charge in [0.05, 0.1) is 10.9 Å². The van der Waals surface area contributed by atoms with Crippen LogP contribution in [0.15, 0.2) is 18.2 Å². The zero-order valence-corrected chi connectivity index (χ0v) is 12.6. The lowest BCUT2D eigenvalue weighted by atomic mass is 10.1. The number of likely N-dealkylation sites (N-methyl/N-ethyl adjacent to an activating group) is 1. The largest absolute Gasteiger partial charge is 0.322 e. The van der Waals surface area contributed by atoms with Crippen LogP contribution in [0.4, 0.5) is 4.39 Å². The van der Waals surface area contributed by atoms with Gasteiger partial charge in [-0.2, -0.15) is 0 Å². The molecule has 2 aromatic rings. The van der Waals surface area contributed by atoms with Crippen molar-refractivity contribution in [2.24, 2.45) is 0 Å². The fraction of sp³-hybridized carbons (Fsp3) is 0.533. The minimum atomic E-state index is -0.274. The summed E-state index contributed by atoms with van der Waals surface area (Å²) in [5, 5.41) is -0.228. The number of piperidine rings is 1. The zero-order chi connectivity index (χ0) is 14.3. The van der Waals surface area contributed by atoms with E-state index in [-0.39, 0.29) is 11.2 Å². The summed E-state index contributed by atoms with van der Waals surface area (Å²) in [7, 11) is 2.12. The van der Waals surface area contributed by atoms with E-state index in [1.807, 2.05) is 13.0 Å². The number of benzene rings is 1. The molecule has 1 saturated heterocycles. The van der Waals surface area contributed by atoms with E-state index in [1.54, 1.807) is 6.07 Å². The highest BCUT2D eigenvalue weighted by Gasteiger charge is 2.26. The fourth-order valence-electron chi connectivity index (χ4n) is 3.12. The summed E-state index contributed by atoms with van der Waals surface area (Å²) in [6.45, 7) is 3.96. The molecule has 1 aromatic heterocycles. The smallest absolute Gasteiger partial charge is 0.151 e. The Morgan fingerprint density at radius 1 is 1.45 bits per heavy atom. The van der Waals surface area contributed by atoms with Crippen molar-refractivity contribution < 1.29 is 4.39 Å². The number of alkyl halides is 1. The van der Waals surface area contributed by atoms with Gasteiger partial charge in [0.2, 0.25) is 0 Å². The highest BCUT2D eigenvalue weighted by Crippen LogP contribution is 2.32. The van der Waals surface area contributed by atoms with Crippen LogP contribution >= 0.6 is 11.6 Å². The van der Waals surface area contributed by atoms with Gasteiger partial charge in [0.1, 0.15) is 11.3 Å². The molecule has 0 amide bonds. The fourth-order valence-corrected chi connectivity index (χ4v) is 3.27. The number of para-hydroxylation sites is 1. The first-order chi connectivity index (χ1) is 9.58. The molecule has 108 valence electrons. The van der Waals surface area contributed by atoms with Crippen LogP contribution in [-0.2, 0) is 0 Å². The van der Waals surface area contributed by atoms with Gasteiger partial charge < -0.3 is 9.47 Å². The number of hydrogen-bond donors (Lipinski definition) is 0. The second kappa shape index (κ2) is 5.34. The van der Waals surface area contributed by atoms with E-state index < -0.39 is 0 Å². The van der Waals surface area contributed by atoms with Gasteiger partial charge in [0, 0.05) is 12.6 Å². The molecule has 2 heterocycles. The quantitative estimate of drug-likeness (QED) is 0.787. The Morgan fingerprint density at radius 3 is 2.95 bits per heavy atom.